The van der Waals surface area contributed by atoms with Gasteiger partial charge in [0.05, 0.1) is 12.2 Å². The van der Waals surface area contributed by atoms with E-state index < -0.39 is 0 Å². The summed E-state index contributed by atoms with van der Waals surface area (Å²) in [7, 11) is 0. The van der Waals surface area contributed by atoms with E-state index in [2.05, 4.69) is 20.9 Å². The third kappa shape index (κ3) is 3.44. The van der Waals surface area contributed by atoms with Gasteiger partial charge >= 0.3 is 5.97 Å². The summed E-state index contributed by atoms with van der Waals surface area (Å²) in [6.07, 6.45) is 3.08. The van der Waals surface area contributed by atoms with Crippen LogP contribution in [-0.2, 0) is 4.74 Å². The largest absolute Gasteiger partial charge is 0.462 e. The van der Waals surface area contributed by atoms with Gasteiger partial charge in [0.1, 0.15) is 0 Å². The van der Waals surface area contributed by atoms with Gasteiger partial charge in [-0.3, -0.25) is 4.98 Å². The summed E-state index contributed by atoms with van der Waals surface area (Å²) in [5.41, 5.74) is 0.458. The minimum atomic E-state index is -0.350. The Labute approximate surface area is 95.4 Å². The molecule has 13 heavy (non-hydrogen) atoms. The molecule has 0 unspecified atom stereocenters. The van der Waals surface area contributed by atoms with E-state index in [0.29, 0.717) is 16.6 Å². The predicted molar refractivity (Wildman–Crippen MR) is 58.2 cm³/mol. The average Bonchev–Trinajstić information content (AvgIpc) is 2.05. The number of rotatable bonds is 2. The summed E-state index contributed by atoms with van der Waals surface area (Å²) >= 11 is 3.23. The zero-order chi connectivity index (χ0) is 8.97. The summed E-state index contributed by atoms with van der Waals surface area (Å²) < 4.78 is 5.50. The summed E-state index contributed by atoms with van der Waals surface area (Å²) in [5.74, 6) is -0.350. The first kappa shape index (κ1) is 12.6. The number of ether oxygens (including phenoxy) is 1. The molecule has 0 aliphatic rings. The number of halogens is 2. The Morgan fingerprint density at radius 2 is 2.38 bits per heavy atom. The Kier molecular flexibility index (Phi) is 5.90. The Morgan fingerprint density at radius 3 is 2.92 bits per heavy atom. The summed E-state index contributed by atoms with van der Waals surface area (Å²) in [5, 5.41) is 0. The molecule has 0 aliphatic carbocycles. The van der Waals surface area contributed by atoms with Crippen molar-refractivity contribution >= 4 is 38.9 Å². The smallest absolute Gasteiger partial charge is 0.340 e. The number of pyridine rings is 1. The van der Waals surface area contributed by atoms with E-state index in [0.717, 1.165) is 0 Å². The number of carbonyl (C=O) groups excluding carboxylic acids is 1. The molecule has 5 heteroatoms. The second kappa shape index (κ2) is 6.10. The lowest BCUT2D eigenvalue weighted by Gasteiger charge is -2.01. The highest BCUT2D eigenvalue weighted by Crippen LogP contribution is 2.15. The molecule has 0 aliphatic heterocycles. The van der Waals surface area contributed by atoms with Crippen LogP contribution in [0.3, 0.4) is 0 Å². The fourth-order valence-electron chi connectivity index (χ4n) is 0.737. The van der Waals surface area contributed by atoms with Crippen molar-refractivity contribution in [3.8, 4) is 0 Å². The molecule has 1 aromatic heterocycles. The molecule has 0 bridgehead atoms. The first-order valence-corrected chi connectivity index (χ1v) is 4.31. The number of aromatic nitrogens is 1. The van der Waals surface area contributed by atoms with E-state index in [4.69, 9.17) is 4.74 Å². The standard InChI is InChI=1S/C8H8BrNO2.BrH/c1-2-12-8(11)6-5-10-4-3-7(6)9;/h3-5H,2H2,1H3;1H. The van der Waals surface area contributed by atoms with Crippen LogP contribution in [0.15, 0.2) is 22.9 Å². The van der Waals surface area contributed by atoms with Crippen LogP contribution in [0.5, 0.6) is 0 Å². The molecule has 1 rings (SSSR count). The SMILES string of the molecule is Br.CCOC(=O)c1cnccc1Br. The van der Waals surface area contributed by atoms with Crippen LogP contribution in [0.2, 0.25) is 0 Å². The van der Waals surface area contributed by atoms with Crippen LogP contribution in [0.25, 0.3) is 0 Å². The summed E-state index contributed by atoms with van der Waals surface area (Å²) in [6.45, 7) is 2.14. The highest BCUT2D eigenvalue weighted by Gasteiger charge is 2.09. The van der Waals surface area contributed by atoms with Gasteiger partial charge < -0.3 is 4.74 Å². The molecular weight excluding hydrogens is 302 g/mol. The van der Waals surface area contributed by atoms with E-state index in [9.17, 15) is 4.79 Å². The van der Waals surface area contributed by atoms with Crippen molar-refractivity contribution in [2.24, 2.45) is 0 Å². The molecule has 0 aromatic carbocycles. The summed E-state index contributed by atoms with van der Waals surface area (Å²) in [6, 6.07) is 1.70. The monoisotopic (exact) mass is 309 g/mol. The number of hydrogen-bond acceptors (Lipinski definition) is 3. The van der Waals surface area contributed by atoms with Gasteiger partial charge in [0, 0.05) is 16.9 Å². The molecule has 0 saturated carbocycles. The summed E-state index contributed by atoms with van der Waals surface area (Å²) in [4.78, 5) is 15.0. The zero-order valence-corrected chi connectivity index (χ0v) is 10.3. The van der Waals surface area contributed by atoms with E-state index in [-0.39, 0.29) is 23.0 Å². The third-order valence-corrected chi connectivity index (χ3v) is 1.95. The van der Waals surface area contributed by atoms with Gasteiger partial charge in [-0.05, 0) is 28.9 Å². The Balaban J connectivity index is 0.00000144. The number of esters is 1. The number of hydrogen-bond donors (Lipinski definition) is 0. The van der Waals surface area contributed by atoms with Crippen molar-refractivity contribution < 1.29 is 9.53 Å². The predicted octanol–water partition coefficient (Wildman–Crippen LogP) is 2.60. The average molecular weight is 311 g/mol. The van der Waals surface area contributed by atoms with Gasteiger partial charge in [-0.25, -0.2) is 4.79 Å². The van der Waals surface area contributed by atoms with Crippen molar-refractivity contribution in [1.29, 1.82) is 0 Å². The molecule has 0 fully saturated rings. The van der Waals surface area contributed by atoms with E-state index in [1.54, 1.807) is 19.2 Å². The van der Waals surface area contributed by atoms with Crippen LogP contribution in [0.1, 0.15) is 17.3 Å². The molecule has 0 amide bonds. The fourth-order valence-corrected chi connectivity index (χ4v) is 1.12. The van der Waals surface area contributed by atoms with Crippen LogP contribution in [0, 0.1) is 0 Å². The van der Waals surface area contributed by atoms with Gasteiger partial charge in [-0.2, -0.15) is 0 Å². The molecule has 3 nitrogen and oxygen atoms in total. The molecule has 0 spiro atoms. The van der Waals surface area contributed by atoms with Crippen molar-refractivity contribution in [1.82, 2.24) is 4.98 Å². The van der Waals surface area contributed by atoms with Gasteiger partial charge in [0.15, 0.2) is 0 Å². The van der Waals surface area contributed by atoms with Crippen LogP contribution in [-0.4, -0.2) is 17.6 Å². The molecule has 1 heterocycles. The van der Waals surface area contributed by atoms with Gasteiger partial charge in [0.2, 0.25) is 0 Å². The zero-order valence-electron chi connectivity index (χ0n) is 6.99. The molecule has 72 valence electrons. The molecule has 0 N–H and O–H groups in total. The Bertz CT molecular complexity index is 291. The number of carbonyl (C=O) groups is 1. The minimum Gasteiger partial charge on any atom is -0.462 e. The third-order valence-electron chi connectivity index (χ3n) is 1.26. The van der Waals surface area contributed by atoms with E-state index in [1.807, 2.05) is 0 Å². The highest BCUT2D eigenvalue weighted by atomic mass is 79.9. The molecule has 0 saturated heterocycles. The minimum absolute atomic E-state index is 0. The normalized spacial score (nSPS) is 8.77. The van der Waals surface area contributed by atoms with Crippen LogP contribution >= 0.6 is 32.9 Å². The molecular formula is C8H9Br2NO2. The second-order valence-electron chi connectivity index (χ2n) is 2.08. The Morgan fingerprint density at radius 1 is 1.69 bits per heavy atom. The lowest BCUT2D eigenvalue weighted by molar-refractivity contribution is 0.0525. The van der Waals surface area contributed by atoms with Gasteiger partial charge in [-0.1, -0.05) is 0 Å². The van der Waals surface area contributed by atoms with Crippen LogP contribution < -0.4 is 0 Å². The lowest BCUT2D eigenvalue weighted by atomic mass is 10.3. The Hall–Kier alpha value is -0.420. The van der Waals surface area contributed by atoms with Gasteiger partial charge in [0.25, 0.3) is 0 Å². The molecule has 0 radical (unpaired) electrons. The fraction of sp³-hybridized carbons (Fsp3) is 0.250. The topological polar surface area (TPSA) is 39.2 Å². The van der Waals surface area contributed by atoms with Crippen molar-refractivity contribution in [3.63, 3.8) is 0 Å². The van der Waals surface area contributed by atoms with Crippen molar-refractivity contribution in [3.05, 3.63) is 28.5 Å². The maximum absolute atomic E-state index is 11.2. The van der Waals surface area contributed by atoms with Gasteiger partial charge in [-0.15, -0.1) is 17.0 Å². The first-order valence-electron chi connectivity index (χ1n) is 3.52. The lowest BCUT2D eigenvalue weighted by Crippen LogP contribution is -2.05. The first-order chi connectivity index (χ1) is 5.75. The van der Waals surface area contributed by atoms with Crippen molar-refractivity contribution in [2.45, 2.75) is 6.92 Å². The second-order valence-corrected chi connectivity index (χ2v) is 2.93. The molecule has 0 atom stereocenters. The van der Waals surface area contributed by atoms with E-state index >= 15 is 0 Å². The van der Waals surface area contributed by atoms with Crippen molar-refractivity contribution in [2.75, 3.05) is 6.61 Å². The number of nitrogens with zero attached hydrogens (tertiary/aromatic N) is 1. The molecule has 1 aromatic rings. The maximum Gasteiger partial charge on any atom is 0.340 e. The van der Waals surface area contributed by atoms with Crippen LogP contribution in [0.4, 0.5) is 0 Å². The quantitative estimate of drug-likeness (QED) is 0.788. The van der Waals surface area contributed by atoms with E-state index in [1.165, 1.54) is 6.20 Å². The maximum atomic E-state index is 11.2. The highest BCUT2D eigenvalue weighted by molar-refractivity contribution is 9.10.